The molecule has 0 spiro atoms. The van der Waals surface area contributed by atoms with E-state index in [2.05, 4.69) is 31.3 Å². The molecule has 0 aliphatic heterocycles. The standard InChI is InChI=1S/C18H22ClNO/c1-13(2)20-11-15-5-4-6-17(10-15)21-12-16-8-7-14(3)9-18(16)19/h4-10,13,20H,11-12H2,1-3H3. The summed E-state index contributed by atoms with van der Waals surface area (Å²) in [5, 5.41) is 4.16. The largest absolute Gasteiger partial charge is 0.489 e. The van der Waals surface area contributed by atoms with Gasteiger partial charge in [0, 0.05) is 23.2 Å². The van der Waals surface area contributed by atoms with Gasteiger partial charge in [-0.05, 0) is 36.2 Å². The highest BCUT2D eigenvalue weighted by molar-refractivity contribution is 6.31. The molecule has 0 radical (unpaired) electrons. The van der Waals surface area contributed by atoms with E-state index in [9.17, 15) is 0 Å². The van der Waals surface area contributed by atoms with Gasteiger partial charge in [0.15, 0.2) is 0 Å². The van der Waals surface area contributed by atoms with Crippen LogP contribution in [0.25, 0.3) is 0 Å². The van der Waals surface area contributed by atoms with Gasteiger partial charge in [0.25, 0.3) is 0 Å². The molecule has 0 saturated carbocycles. The molecular formula is C18H22ClNO. The predicted octanol–water partition coefficient (Wildman–Crippen LogP) is 4.73. The van der Waals surface area contributed by atoms with Gasteiger partial charge in [-0.25, -0.2) is 0 Å². The molecule has 2 rings (SSSR count). The fourth-order valence-electron chi connectivity index (χ4n) is 2.00. The lowest BCUT2D eigenvalue weighted by atomic mass is 10.1. The fraction of sp³-hybridized carbons (Fsp3) is 0.333. The summed E-state index contributed by atoms with van der Waals surface area (Å²) in [6.45, 7) is 7.64. The summed E-state index contributed by atoms with van der Waals surface area (Å²) in [5.74, 6) is 0.870. The van der Waals surface area contributed by atoms with Crippen molar-refractivity contribution in [2.45, 2.75) is 40.0 Å². The zero-order chi connectivity index (χ0) is 15.2. The average Bonchev–Trinajstić information content (AvgIpc) is 2.45. The molecule has 2 aromatic carbocycles. The van der Waals surface area contributed by atoms with Crippen LogP contribution in [0.1, 0.15) is 30.5 Å². The van der Waals surface area contributed by atoms with E-state index in [1.54, 1.807) is 0 Å². The number of nitrogens with one attached hydrogen (secondary N) is 1. The van der Waals surface area contributed by atoms with Crippen LogP contribution in [0.4, 0.5) is 0 Å². The predicted molar refractivity (Wildman–Crippen MR) is 88.9 cm³/mol. The molecule has 0 aliphatic carbocycles. The van der Waals surface area contributed by atoms with E-state index in [0.717, 1.165) is 28.4 Å². The van der Waals surface area contributed by atoms with Crippen LogP contribution in [0.15, 0.2) is 42.5 Å². The molecule has 0 atom stereocenters. The maximum Gasteiger partial charge on any atom is 0.120 e. The van der Waals surface area contributed by atoms with Gasteiger partial charge in [-0.1, -0.05) is 49.7 Å². The second-order valence-corrected chi connectivity index (χ2v) is 5.97. The topological polar surface area (TPSA) is 21.3 Å². The van der Waals surface area contributed by atoms with E-state index in [0.29, 0.717) is 12.6 Å². The van der Waals surface area contributed by atoms with Crippen molar-refractivity contribution in [1.29, 1.82) is 0 Å². The van der Waals surface area contributed by atoms with Crippen LogP contribution in [-0.2, 0) is 13.2 Å². The Morgan fingerprint density at radius 1 is 1.14 bits per heavy atom. The van der Waals surface area contributed by atoms with E-state index in [4.69, 9.17) is 16.3 Å². The Morgan fingerprint density at radius 3 is 2.67 bits per heavy atom. The van der Waals surface area contributed by atoms with E-state index in [1.165, 1.54) is 5.56 Å². The van der Waals surface area contributed by atoms with Crippen LogP contribution in [0, 0.1) is 6.92 Å². The Bertz CT molecular complexity index is 596. The van der Waals surface area contributed by atoms with Crippen molar-refractivity contribution in [2.75, 3.05) is 0 Å². The van der Waals surface area contributed by atoms with Gasteiger partial charge in [-0.2, -0.15) is 0 Å². The van der Waals surface area contributed by atoms with Crippen LogP contribution in [0.3, 0.4) is 0 Å². The molecule has 0 aliphatic rings. The number of benzene rings is 2. The highest BCUT2D eigenvalue weighted by Crippen LogP contribution is 2.21. The lowest BCUT2D eigenvalue weighted by molar-refractivity contribution is 0.306. The molecule has 112 valence electrons. The SMILES string of the molecule is Cc1ccc(COc2cccc(CNC(C)C)c2)c(Cl)c1. The minimum Gasteiger partial charge on any atom is -0.489 e. The molecule has 0 aromatic heterocycles. The smallest absolute Gasteiger partial charge is 0.120 e. The molecule has 0 heterocycles. The van der Waals surface area contributed by atoms with Crippen molar-refractivity contribution in [3.8, 4) is 5.75 Å². The van der Waals surface area contributed by atoms with Crippen molar-refractivity contribution in [2.24, 2.45) is 0 Å². The number of halogens is 1. The summed E-state index contributed by atoms with van der Waals surface area (Å²) < 4.78 is 5.85. The van der Waals surface area contributed by atoms with Crippen molar-refractivity contribution in [3.63, 3.8) is 0 Å². The van der Waals surface area contributed by atoms with Crippen LogP contribution in [-0.4, -0.2) is 6.04 Å². The number of hydrogen-bond acceptors (Lipinski definition) is 2. The maximum absolute atomic E-state index is 6.22. The lowest BCUT2D eigenvalue weighted by Gasteiger charge is -2.11. The summed E-state index contributed by atoms with van der Waals surface area (Å²) in [6, 6.07) is 14.7. The number of hydrogen-bond donors (Lipinski definition) is 1. The van der Waals surface area contributed by atoms with Crippen molar-refractivity contribution < 1.29 is 4.74 Å². The molecule has 0 bridgehead atoms. The molecule has 3 heteroatoms. The normalized spacial score (nSPS) is 10.9. The van der Waals surface area contributed by atoms with E-state index < -0.39 is 0 Å². The summed E-state index contributed by atoms with van der Waals surface area (Å²) >= 11 is 6.22. The Kier molecular flexibility index (Phi) is 5.66. The first-order chi connectivity index (χ1) is 10.0. The minimum atomic E-state index is 0.473. The highest BCUT2D eigenvalue weighted by Gasteiger charge is 2.03. The quantitative estimate of drug-likeness (QED) is 0.833. The van der Waals surface area contributed by atoms with Crippen molar-refractivity contribution in [3.05, 3.63) is 64.2 Å². The zero-order valence-electron chi connectivity index (χ0n) is 12.8. The fourth-order valence-corrected chi connectivity index (χ4v) is 2.29. The lowest BCUT2D eigenvalue weighted by Crippen LogP contribution is -2.21. The minimum absolute atomic E-state index is 0.473. The molecule has 0 amide bonds. The Balaban J connectivity index is 1.98. The van der Waals surface area contributed by atoms with Crippen molar-refractivity contribution >= 4 is 11.6 Å². The first-order valence-electron chi connectivity index (χ1n) is 7.25. The second kappa shape index (κ2) is 7.48. The Hall–Kier alpha value is -1.51. The number of ether oxygens (including phenoxy) is 1. The maximum atomic E-state index is 6.22. The zero-order valence-corrected chi connectivity index (χ0v) is 13.6. The molecule has 1 N–H and O–H groups in total. The summed E-state index contributed by atoms with van der Waals surface area (Å²) in [4.78, 5) is 0. The van der Waals surface area contributed by atoms with Gasteiger partial charge in [-0.3, -0.25) is 0 Å². The average molecular weight is 304 g/mol. The number of rotatable bonds is 6. The van der Waals surface area contributed by atoms with Crippen LogP contribution in [0.5, 0.6) is 5.75 Å². The third-order valence-corrected chi connectivity index (χ3v) is 3.57. The second-order valence-electron chi connectivity index (χ2n) is 5.57. The third-order valence-electron chi connectivity index (χ3n) is 3.22. The van der Waals surface area contributed by atoms with Crippen LogP contribution in [0.2, 0.25) is 5.02 Å². The Morgan fingerprint density at radius 2 is 1.95 bits per heavy atom. The van der Waals surface area contributed by atoms with Gasteiger partial charge < -0.3 is 10.1 Å². The van der Waals surface area contributed by atoms with Gasteiger partial charge in [-0.15, -0.1) is 0 Å². The molecule has 2 aromatic rings. The van der Waals surface area contributed by atoms with Crippen molar-refractivity contribution in [1.82, 2.24) is 5.32 Å². The van der Waals surface area contributed by atoms with E-state index in [1.807, 2.05) is 37.3 Å². The molecule has 2 nitrogen and oxygen atoms in total. The first-order valence-corrected chi connectivity index (χ1v) is 7.62. The highest BCUT2D eigenvalue weighted by atomic mass is 35.5. The first kappa shape index (κ1) is 15.9. The van der Waals surface area contributed by atoms with Gasteiger partial charge in [0.05, 0.1) is 0 Å². The summed E-state index contributed by atoms with van der Waals surface area (Å²) in [7, 11) is 0. The molecular weight excluding hydrogens is 282 g/mol. The third kappa shape index (κ3) is 5.07. The molecule has 0 unspecified atom stereocenters. The van der Waals surface area contributed by atoms with Crippen LogP contribution < -0.4 is 10.1 Å². The monoisotopic (exact) mass is 303 g/mol. The number of aryl methyl sites for hydroxylation is 1. The van der Waals surface area contributed by atoms with Gasteiger partial charge >= 0.3 is 0 Å². The Labute approximate surface area is 132 Å². The molecule has 0 fully saturated rings. The van der Waals surface area contributed by atoms with Gasteiger partial charge in [0.1, 0.15) is 12.4 Å². The summed E-state index contributed by atoms with van der Waals surface area (Å²) in [6.07, 6.45) is 0. The van der Waals surface area contributed by atoms with Gasteiger partial charge in [0.2, 0.25) is 0 Å². The van der Waals surface area contributed by atoms with E-state index in [-0.39, 0.29) is 0 Å². The molecule has 0 saturated heterocycles. The molecule has 21 heavy (non-hydrogen) atoms. The van der Waals surface area contributed by atoms with E-state index >= 15 is 0 Å². The summed E-state index contributed by atoms with van der Waals surface area (Å²) in [5.41, 5.74) is 3.38. The van der Waals surface area contributed by atoms with Crippen LogP contribution >= 0.6 is 11.6 Å².